The van der Waals surface area contributed by atoms with Crippen molar-refractivity contribution in [2.24, 2.45) is 0 Å². The van der Waals surface area contributed by atoms with Gasteiger partial charge >= 0.3 is 6.03 Å². The molecule has 9 heteroatoms. The second-order valence-corrected chi connectivity index (χ2v) is 13.9. The first-order chi connectivity index (χ1) is 24.8. The average Bonchev–Trinajstić information content (AvgIpc) is 3.14. The van der Waals surface area contributed by atoms with Crippen molar-refractivity contribution < 1.29 is 19.1 Å². The first kappa shape index (κ1) is 32.8. The van der Waals surface area contributed by atoms with E-state index in [4.69, 9.17) is 27.9 Å². The monoisotopic (exact) mass is 713 g/mol. The van der Waals surface area contributed by atoms with Crippen LogP contribution in [0, 0.1) is 0 Å². The van der Waals surface area contributed by atoms with Crippen LogP contribution in [0.4, 0.5) is 16.2 Å². The molecule has 2 atom stereocenters. The lowest BCUT2D eigenvalue weighted by Gasteiger charge is -2.44. The molecule has 1 fully saturated rings. The summed E-state index contributed by atoms with van der Waals surface area (Å²) in [5.41, 5.74) is 7.32. The van der Waals surface area contributed by atoms with Gasteiger partial charge < -0.3 is 9.64 Å². The highest BCUT2D eigenvalue weighted by atomic mass is 35.5. The number of imide groups is 2. The van der Waals surface area contributed by atoms with Gasteiger partial charge in [0.1, 0.15) is 17.9 Å². The van der Waals surface area contributed by atoms with E-state index in [2.05, 4.69) is 34.5 Å². The van der Waals surface area contributed by atoms with Crippen molar-refractivity contribution in [2.45, 2.75) is 31.3 Å². The summed E-state index contributed by atoms with van der Waals surface area (Å²) < 4.78 is 5.90. The summed E-state index contributed by atoms with van der Waals surface area (Å²) >= 11 is 12.7. The molecule has 1 saturated heterocycles. The van der Waals surface area contributed by atoms with Crippen LogP contribution < -0.4 is 19.9 Å². The summed E-state index contributed by atoms with van der Waals surface area (Å²) in [6, 6.07) is 36.2. The Morgan fingerprint density at radius 3 is 2.00 bits per heavy atom. The van der Waals surface area contributed by atoms with Crippen molar-refractivity contribution in [2.75, 3.05) is 22.9 Å². The van der Waals surface area contributed by atoms with E-state index in [0.29, 0.717) is 27.0 Å². The molecule has 8 rings (SSSR count). The lowest BCUT2D eigenvalue weighted by Crippen LogP contribution is -2.54. The predicted molar refractivity (Wildman–Crippen MR) is 201 cm³/mol. The van der Waals surface area contributed by atoms with E-state index in [1.54, 1.807) is 24.3 Å². The van der Waals surface area contributed by atoms with Crippen LogP contribution in [-0.2, 0) is 16.2 Å². The quantitative estimate of drug-likeness (QED) is 0.134. The highest BCUT2D eigenvalue weighted by Crippen LogP contribution is 2.50. The Hall–Kier alpha value is -5.37. The van der Waals surface area contributed by atoms with E-state index in [9.17, 15) is 14.4 Å². The summed E-state index contributed by atoms with van der Waals surface area (Å²) in [6.07, 6.45) is 3.26. The third-order valence-corrected chi connectivity index (χ3v) is 10.4. The van der Waals surface area contributed by atoms with Crippen LogP contribution in [0.3, 0.4) is 0 Å². The Morgan fingerprint density at radius 2 is 1.39 bits per heavy atom. The molecule has 5 aromatic rings. The molecule has 3 aliphatic rings. The molecule has 0 aromatic heterocycles. The number of hydrogen-bond donors (Lipinski definition) is 1. The van der Waals surface area contributed by atoms with Gasteiger partial charge in [0, 0.05) is 35.6 Å². The predicted octanol–water partition coefficient (Wildman–Crippen LogP) is 9.12. The summed E-state index contributed by atoms with van der Waals surface area (Å²) in [4.78, 5) is 44.5. The van der Waals surface area contributed by atoms with Crippen molar-refractivity contribution in [3.05, 3.63) is 164 Å². The maximum absolute atomic E-state index is 14.2. The van der Waals surface area contributed by atoms with Gasteiger partial charge in [-0.1, -0.05) is 102 Å². The van der Waals surface area contributed by atoms with Crippen LogP contribution >= 0.6 is 23.2 Å². The van der Waals surface area contributed by atoms with E-state index in [-0.39, 0.29) is 24.0 Å². The molecule has 0 unspecified atom stereocenters. The molecule has 7 nitrogen and oxygen atoms in total. The Kier molecular flexibility index (Phi) is 8.84. The van der Waals surface area contributed by atoms with Crippen molar-refractivity contribution in [3.63, 3.8) is 0 Å². The SMILES string of the molecule is O=C1NC(=O)N(c2cc3c4c(c2)[C@@H](c2ccccc2)CCN4CC[C@@H]3c2ccccc2)C(=O)/C1=C/c1ccc(OCc2cccc(Cl)c2)c(Cl)c1. The molecular weight excluding hydrogens is 681 g/mol. The van der Waals surface area contributed by atoms with Gasteiger partial charge in [-0.15, -0.1) is 0 Å². The number of nitrogens with one attached hydrogen (secondary N) is 1. The number of benzene rings is 5. The molecule has 1 N–H and O–H groups in total. The normalized spacial score (nSPS) is 19.2. The summed E-state index contributed by atoms with van der Waals surface area (Å²) in [7, 11) is 0. The molecule has 0 aliphatic carbocycles. The maximum Gasteiger partial charge on any atom is 0.335 e. The summed E-state index contributed by atoms with van der Waals surface area (Å²) in [5.74, 6) is -0.884. The number of rotatable bonds is 7. The molecule has 51 heavy (non-hydrogen) atoms. The van der Waals surface area contributed by atoms with Crippen LogP contribution in [0.1, 0.15) is 58.1 Å². The molecule has 4 amide bonds. The minimum absolute atomic E-state index is 0.0759. The lowest BCUT2D eigenvalue weighted by molar-refractivity contribution is -0.122. The lowest BCUT2D eigenvalue weighted by atomic mass is 9.76. The largest absolute Gasteiger partial charge is 0.487 e. The number of ether oxygens (including phenoxy) is 1. The topological polar surface area (TPSA) is 79.0 Å². The molecule has 3 aliphatic heterocycles. The Labute approximate surface area is 306 Å². The molecular formula is C42H33Cl2N3O4. The van der Waals surface area contributed by atoms with Crippen LogP contribution in [0.15, 0.2) is 121 Å². The van der Waals surface area contributed by atoms with Crippen LogP contribution in [0.5, 0.6) is 5.75 Å². The standard InChI is InChI=1S/C42H33Cl2N3O4/c43-30-13-7-8-27(20-30)25-51-38-15-14-26(22-37(38)44)21-36-40(48)45-42(50)47(41(36)49)31-23-34-32(28-9-3-1-4-10-28)16-18-46-19-17-33(35(24-31)39(34)46)29-11-5-2-6-12-29/h1-15,20-24,32-33H,16-19,25H2,(H,45,48,50)/b36-21+/t32-,33-/m1/s1. The number of carbonyl (C=O) groups excluding carboxylic acids is 3. The van der Waals surface area contributed by atoms with Gasteiger partial charge in [0.25, 0.3) is 11.8 Å². The maximum atomic E-state index is 14.2. The average molecular weight is 715 g/mol. The van der Waals surface area contributed by atoms with Crippen LogP contribution in [-0.4, -0.2) is 30.9 Å². The van der Waals surface area contributed by atoms with Gasteiger partial charge in [0.15, 0.2) is 0 Å². The first-order valence-electron chi connectivity index (χ1n) is 16.9. The molecule has 0 bridgehead atoms. The van der Waals surface area contributed by atoms with Crippen molar-refractivity contribution in [1.82, 2.24) is 5.32 Å². The number of nitrogens with zero attached hydrogens (tertiary/aromatic N) is 2. The molecule has 3 heterocycles. The van der Waals surface area contributed by atoms with Crippen molar-refractivity contribution in [1.29, 1.82) is 0 Å². The third kappa shape index (κ3) is 6.39. The van der Waals surface area contributed by atoms with E-state index >= 15 is 0 Å². The van der Waals surface area contributed by atoms with Crippen LogP contribution in [0.25, 0.3) is 6.08 Å². The highest BCUT2D eigenvalue weighted by molar-refractivity contribution is 6.39. The summed E-state index contributed by atoms with van der Waals surface area (Å²) in [5, 5.41) is 3.32. The zero-order chi connectivity index (χ0) is 35.1. The number of anilines is 2. The zero-order valence-corrected chi connectivity index (χ0v) is 29.0. The highest BCUT2D eigenvalue weighted by Gasteiger charge is 2.40. The minimum Gasteiger partial charge on any atom is -0.487 e. The van der Waals surface area contributed by atoms with Gasteiger partial charge in [-0.3, -0.25) is 14.9 Å². The van der Waals surface area contributed by atoms with Gasteiger partial charge in [0.2, 0.25) is 0 Å². The fourth-order valence-electron chi connectivity index (χ4n) is 7.54. The Morgan fingerprint density at radius 1 is 0.745 bits per heavy atom. The zero-order valence-electron chi connectivity index (χ0n) is 27.5. The smallest absolute Gasteiger partial charge is 0.335 e. The number of amides is 4. The first-order valence-corrected chi connectivity index (χ1v) is 17.7. The Bertz CT molecular complexity index is 2130. The number of hydrogen-bond acceptors (Lipinski definition) is 5. The minimum atomic E-state index is -0.784. The van der Waals surface area contributed by atoms with Gasteiger partial charge in [-0.25, -0.2) is 9.69 Å². The van der Waals surface area contributed by atoms with Crippen molar-refractivity contribution >= 4 is 58.5 Å². The van der Waals surface area contributed by atoms with E-state index in [1.165, 1.54) is 22.9 Å². The molecule has 254 valence electrons. The fraction of sp³-hybridized carbons (Fsp3) is 0.167. The molecule has 5 aromatic carbocycles. The van der Waals surface area contributed by atoms with Gasteiger partial charge in [-0.2, -0.15) is 0 Å². The number of barbiturate groups is 1. The number of halogens is 2. The molecule has 0 saturated carbocycles. The van der Waals surface area contributed by atoms with E-state index < -0.39 is 17.8 Å². The van der Waals surface area contributed by atoms with Crippen molar-refractivity contribution in [3.8, 4) is 5.75 Å². The molecule has 0 spiro atoms. The molecule has 0 radical (unpaired) electrons. The number of carbonyl (C=O) groups is 3. The Balaban J connectivity index is 1.16. The van der Waals surface area contributed by atoms with E-state index in [1.807, 2.05) is 66.7 Å². The fourth-order valence-corrected chi connectivity index (χ4v) is 8.00. The van der Waals surface area contributed by atoms with Crippen LogP contribution in [0.2, 0.25) is 10.0 Å². The van der Waals surface area contributed by atoms with E-state index in [0.717, 1.165) is 47.5 Å². The third-order valence-electron chi connectivity index (χ3n) is 9.91. The summed E-state index contributed by atoms with van der Waals surface area (Å²) in [6.45, 7) is 2.09. The van der Waals surface area contributed by atoms with Gasteiger partial charge in [-0.05, 0) is 88.7 Å². The van der Waals surface area contributed by atoms with Gasteiger partial charge in [0.05, 0.1) is 10.7 Å². The number of urea groups is 1. The second-order valence-electron chi connectivity index (χ2n) is 13.0. The second kappa shape index (κ2) is 13.7.